The number of rotatable bonds is 5. The highest BCUT2D eigenvalue weighted by atomic mass is 16.2. The molecule has 1 atom stereocenters. The van der Waals surface area contributed by atoms with Gasteiger partial charge in [0.1, 0.15) is 32.7 Å². The fourth-order valence-electron chi connectivity index (χ4n) is 3.48. The number of anilines is 1. The largest absolute Gasteiger partial charge is 0.322 e. The molecular formula is C21H26N4O+2. The van der Waals surface area contributed by atoms with Gasteiger partial charge in [-0.25, -0.2) is 0 Å². The van der Waals surface area contributed by atoms with Crippen LogP contribution in [0.15, 0.2) is 54.6 Å². The molecule has 5 nitrogen and oxygen atoms in total. The summed E-state index contributed by atoms with van der Waals surface area (Å²) in [5.41, 5.74) is 2.71. The third-order valence-electron chi connectivity index (χ3n) is 5.18. The van der Waals surface area contributed by atoms with Crippen LogP contribution in [0.25, 0.3) is 0 Å². The van der Waals surface area contributed by atoms with Crippen LogP contribution < -0.4 is 15.1 Å². The van der Waals surface area contributed by atoms with E-state index in [1.54, 1.807) is 29.2 Å². The number of benzene rings is 2. The van der Waals surface area contributed by atoms with Gasteiger partial charge in [-0.05, 0) is 31.2 Å². The average Bonchev–Trinajstić information content (AvgIpc) is 2.69. The maximum atomic E-state index is 12.5. The van der Waals surface area contributed by atoms with Crippen LogP contribution in [0.5, 0.6) is 0 Å². The third-order valence-corrected chi connectivity index (χ3v) is 5.18. The molecule has 0 bridgehead atoms. The first-order chi connectivity index (χ1) is 12.7. The lowest BCUT2D eigenvalue weighted by Gasteiger charge is -2.32. The van der Waals surface area contributed by atoms with E-state index in [2.05, 4.69) is 41.7 Å². The van der Waals surface area contributed by atoms with Gasteiger partial charge in [0.15, 0.2) is 6.04 Å². The number of piperazine rings is 1. The lowest BCUT2D eigenvalue weighted by molar-refractivity contribution is -1.02. The Labute approximate surface area is 154 Å². The van der Waals surface area contributed by atoms with Crippen LogP contribution >= 0.6 is 0 Å². The second kappa shape index (κ2) is 8.61. The second-order valence-corrected chi connectivity index (χ2v) is 6.97. The van der Waals surface area contributed by atoms with Gasteiger partial charge in [-0.2, -0.15) is 5.26 Å². The average molecular weight is 350 g/mol. The minimum absolute atomic E-state index is 0.0382. The molecular weight excluding hydrogens is 324 g/mol. The van der Waals surface area contributed by atoms with E-state index < -0.39 is 0 Å². The SMILES string of the molecule is C[C@@H](C(=O)Nc1ccc(C#N)cc1)[NH+]1CC[NH+](Cc2ccccc2)CC1. The molecule has 0 radical (unpaired) electrons. The van der Waals surface area contributed by atoms with Crippen LogP contribution in [0.4, 0.5) is 5.69 Å². The Morgan fingerprint density at radius 3 is 2.35 bits per heavy atom. The van der Waals surface area contributed by atoms with Crippen molar-refractivity contribution in [2.75, 3.05) is 31.5 Å². The van der Waals surface area contributed by atoms with Crippen molar-refractivity contribution in [2.45, 2.75) is 19.5 Å². The zero-order valence-electron chi connectivity index (χ0n) is 15.2. The van der Waals surface area contributed by atoms with Crippen molar-refractivity contribution in [3.05, 3.63) is 65.7 Å². The maximum Gasteiger partial charge on any atom is 0.282 e. The molecule has 5 heteroatoms. The molecule has 1 aliphatic heterocycles. The van der Waals surface area contributed by atoms with Crippen molar-refractivity contribution >= 4 is 11.6 Å². The summed E-state index contributed by atoms with van der Waals surface area (Å²) in [5, 5.41) is 11.8. The van der Waals surface area contributed by atoms with Gasteiger partial charge in [-0.3, -0.25) is 4.79 Å². The Balaban J connectivity index is 1.48. The van der Waals surface area contributed by atoms with Gasteiger partial charge in [0.2, 0.25) is 0 Å². The van der Waals surface area contributed by atoms with Crippen LogP contribution in [0.3, 0.4) is 0 Å². The van der Waals surface area contributed by atoms with Crippen molar-refractivity contribution in [3.63, 3.8) is 0 Å². The Morgan fingerprint density at radius 1 is 1.08 bits per heavy atom. The third kappa shape index (κ3) is 4.69. The second-order valence-electron chi connectivity index (χ2n) is 6.97. The zero-order valence-corrected chi connectivity index (χ0v) is 15.2. The first kappa shape index (κ1) is 18.1. The van der Waals surface area contributed by atoms with Crippen LogP contribution in [0, 0.1) is 11.3 Å². The summed E-state index contributed by atoms with van der Waals surface area (Å²) in [6.45, 7) is 7.22. The molecule has 1 aliphatic rings. The Hall–Kier alpha value is -2.68. The van der Waals surface area contributed by atoms with Crippen LogP contribution in [-0.2, 0) is 11.3 Å². The van der Waals surface area contributed by atoms with Gasteiger partial charge >= 0.3 is 0 Å². The smallest absolute Gasteiger partial charge is 0.282 e. The molecule has 3 rings (SSSR count). The molecule has 1 fully saturated rings. The number of carbonyl (C=O) groups excluding carboxylic acids is 1. The normalized spacial score (nSPS) is 20.8. The number of nitrogens with zero attached hydrogens (tertiary/aromatic N) is 1. The molecule has 0 saturated carbocycles. The first-order valence-electron chi connectivity index (χ1n) is 9.19. The van der Waals surface area contributed by atoms with E-state index in [9.17, 15) is 4.79 Å². The summed E-state index contributed by atoms with van der Waals surface area (Å²) in [7, 11) is 0. The van der Waals surface area contributed by atoms with Crippen molar-refractivity contribution in [1.29, 1.82) is 5.26 Å². The molecule has 3 N–H and O–H groups in total. The standard InChI is InChI=1S/C21H24N4O/c1-17(21(26)23-20-9-7-18(15-22)8-10-20)25-13-11-24(12-14-25)16-19-5-3-2-4-6-19/h2-10,17H,11-14,16H2,1H3,(H,23,26)/p+2/t17-/m0/s1. The molecule has 0 aliphatic carbocycles. The quantitative estimate of drug-likeness (QED) is 0.703. The molecule has 1 saturated heterocycles. The predicted molar refractivity (Wildman–Crippen MR) is 101 cm³/mol. The van der Waals surface area contributed by atoms with Crippen LogP contribution in [-0.4, -0.2) is 38.1 Å². The van der Waals surface area contributed by atoms with Crippen LogP contribution in [0.1, 0.15) is 18.1 Å². The Morgan fingerprint density at radius 2 is 1.73 bits per heavy atom. The molecule has 0 unspecified atom stereocenters. The first-order valence-corrected chi connectivity index (χ1v) is 9.19. The molecule has 134 valence electrons. The van der Waals surface area contributed by atoms with E-state index in [0.29, 0.717) is 5.56 Å². The number of nitrogens with one attached hydrogen (secondary N) is 3. The number of hydrogen-bond acceptors (Lipinski definition) is 2. The summed E-state index contributed by atoms with van der Waals surface area (Å²) < 4.78 is 0. The van der Waals surface area contributed by atoms with Gasteiger partial charge in [0, 0.05) is 11.3 Å². The Bertz CT molecular complexity index is 759. The van der Waals surface area contributed by atoms with Gasteiger partial charge in [-0.15, -0.1) is 0 Å². The summed E-state index contributed by atoms with van der Waals surface area (Å²) >= 11 is 0. The monoisotopic (exact) mass is 350 g/mol. The van der Waals surface area contributed by atoms with Gasteiger partial charge in [0.25, 0.3) is 5.91 Å². The lowest BCUT2D eigenvalue weighted by Crippen LogP contribution is -3.29. The van der Waals surface area contributed by atoms with Gasteiger partial charge in [-0.1, -0.05) is 30.3 Å². The molecule has 2 aromatic rings. The van der Waals surface area contributed by atoms with E-state index in [-0.39, 0.29) is 11.9 Å². The van der Waals surface area contributed by atoms with E-state index in [0.717, 1.165) is 38.4 Å². The van der Waals surface area contributed by atoms with E-state index in [1.807, 2.05) is 6.92 Å². The van der Waals surface area contributed by atoms with E-state index in [4.69, 9.17) is 5.26 Å². The van der Waals surface area contributed by atoms with Crippen molar-refractivity contribution < 1.29 is 14.6 Å². The number of amides is 1. The summed E-state index contributed by atoms with van der Waals surface area (Å²) in [6, 6.07) is 19.6. The topological polar surface area (TPSA) is 61.8 Å². The predicted octanol–water partition coefficient (Wildman–Crippen LogP) is -0.131. The lowest BCUT2D eigenvalue weighted by atomic mass is 10.1. The number of quaternary nitrogens is 2. The van der Waals surface area contributed by atoms with E-state index >= 15 is 0 Å². The summed E-state index contributed by atoms with van der Waals surface area (Å²) in [5.74, 6) is 0.0382. The van der Waals surface area contributed by atoms with Crippen molar-refractivity contribution in [2.24, 2.45) is 0 Å². The Kier molecular flexibility index (Phi) is 6.00. The summed E-state index contributed by atoms with van der Waals surface area (Å²) in [6.07, 6.45) is 0. The van der Waals surface area contributed by atoms with Gasteiger partial charge in [0.05, 0.1) is 11.6 Å². The molecule has 1 heterocycles. The minimum Gasteiger partial charge on any atom is -0.322 e. The number of carbonyl (C=O) groups is 1. The minimum atomic E-state index is -0.0797. The summed E-state index contributed by atoms with van der Waals surface area (Å²) in [4.78, 5) is 15.5. The van der Waals surface area contributed by atoms with Crippen molar-refractivity contribution in [1.82, 2.24) is 0 Å². The molecule has 0 spiro atoms. The number of nitriles is 1. The van der Waals surface area contributed by atoms with Crippen LogP contribution in [0.2, 0.25) is 0 Å². The maximum absolute atomic E-state index is 12.5. The fraction of sp³-hybridized carbons (Fsp3) is 0.333. The van der Waals surface area contributed by atoms with E-state index in [1.165, 1.54) is 10.5 Å². The zero-order chi connectivity index (χ0) is 18.4. The molecule has 26 heavy (non-hydrogen) atoms. The molecule has 1 amide bonds. The fourth-order valence-corrected chi connectivity index (χ4v) is 3.48. The highest BCUT2D eigenvalue weighted by Crippen LogP contribution is 2.08. The highest BCUT2D eigenvalue weighted by molar-refractivity contribution is 5.93. The molecule has 2 aromatic carbocycles. The number of hydrogen-bond donors (Lipinski definition) is 3. The van der Waals surface area contributed by atoms with Crippen molar-refractivity contribution in [3.8, 4) is 6.07 Å². The molecule has 0 aromatic heterocycles. The van der Waals surface area contributed by atoms with Gasteiger partial charge < -0.3 is 15.1 Å². The highest BCUT2D eigenvalue weighted by Gasteiger charge is 2.31.